The number of thiazole rings is 1. The van der Waals surface area contributed by atoms with Crippen molar-refractivity contribution >= 4 is 34.4 Å². The van der Waals surface area contributed by atoms with Crippen LogP contribution in [0.5, 0.6) is 0 Å². The number of allylic oxidation sites excluding steroid dienone is 4. The number of urea groups is 1. The number of nitrogens with one attached hydrogen (secondary N) is 2. The lowest BCUT2D eigenvalue weighted by molar-refractivity contribution is -0.133. The minimum Gasteiger partial charge on any atom is -0.334 e. The Bertz CT molecular complexity index is 1540. The number of halogens is 2. The molecule has 13 heteroatoms. The zero-order valence-electron chi connectivity index (χ0n) is 22.3. The number of H-pyrrole nitrogens is 1. The standard InChI is InChI=1S/C28H31F2N7O3S/c29-20-4-1-3-19(24(20)30)17-6-7-21(26(38)36(15-17)16-23-31-11-14-41-23)33-27(39)35-12-8-18(9-13-35)37-22-5-2-10-32-25(22)34-28(37)40/h1-2,4-5,10-11,14,17-19,21H,3,6-9,12-13,15-16H2,(H,33,39)(H,32,34,40)/t17-,19?,21-/m1/s1. The highest BCUT2D eigenvalue weighted by atomic mass is 32.1. The number of fused-ring (bicyclic) bond motifs is 1. The van der Waals surface area contributed by atoms with Gasteiger partial charge in [-0.2, -0.15) is 0 Å². The summed E-state index contributed by atoms with van der Waals surface area (Å²) in [6.45, 7) is 1.34. The van der Waals surface area contributed by atoms with E-state index in [1.54, 1.807) is 38.9 Å². The van der Waals surface area contributed by atoms with Crippen molar-refractivity contribution in [1.82, 2.24) is 34.6 Å². The summed E-state index contributed by atoms with van der Waals surface area (Å²) in [5.41, 5.74) is 1.05. The maximum absolute atomic E-state index is 14.8. The molecule has 2 aliphatic heterocycles. The number of likely N-dealkylation sites (tertiary alicyclic amines) is 2. The minimum atomic E-state index is -0.859. The summed E-state index contributed by atoms with van der Waals surface area (Å²) >= 11 is 1.42. The molecular weight excluding hydrogens is 552 g/mol. The van der Waals surface area contributed by atoms with Crippen LogP contribution in [0.1, 0.15) is 43.2 Å². The predicted octanol–water partition coefficient (Wildman–Crippen LogP) is 4.06. The number of pyridine rings is 1. The zero-order valence-corrected chi connectivity index (χ0v) is 23.2. The number of nitrogens with zero attached hydrogens (tertiary/aromatic N) is 5. The highest BCUT2D eigenvalue weighted by Gasteiger charge is 2.38. The molecule has 6 rings (SSSR count). The van der Waals surface area contributed by atoms with Crippen LogP contribution in [0.3, 0.4) is 0 Å². The van der Waals surface area contributed by atoms with Gasteiger partial charge < -0.3 is 15.1 Å². The molecule has 216 valence electrons. The van der Waals surface area contributed by atoms with E-state index in [-0.39, 0.29) is 42.7 Å². The predicted molar refractivity (Wildman–Crippen MR) is 149 cm³/mol. The summed E-state index contributed by atoms with van der Waals surface area (Å²) < 4.78 is 30.6. The average molecular weight is 584 g/mol. The van der Waals surface area contributed by atoms with E-state index in [4.69, 9.17) is 0 Å². The maximum atomic E-state index is 14.8. The van der Waals surface area contributed by atoms with E-state index in [1.807, 2.05) is 11.4 Å². The van der Waals surface area contributed by atoms with Gasteiger partial charge in [0.1, 0.15) is 16.9 Å². The number of aromatic nitrogens is 4. The maximum Gasteiger partial charge on any atom is 0.327 e. The van der Waals surface area contributed by atoms with Gasteiger partial charge in [0.2, 0.25) is 5.91 Å². The fourth-order valence-corrected chi connectivity index (χ4v) is 6.89. The number of aromatic amines is 1. The van der Waals surface area contributed by atoms with Gasteiger partial charge in [0.25, 0.3) is 0 Å². The van der Waals surface area contributed by atoms with Gasteiger partial charge in [0.05, 0.1) is 12.1 Å². The van der Waals surface area contributed by atoms with Crippen molar-refractivity contribution in [2.75, 3.05) is 19.6 Å². The quantitative estimate of drug-likeness (QED) is 0.470. The number of hydrogen-bond donors (Lipinski definition) is 2. The average Bonchev–Trinajstić information content (AvgIpc) is 3.58. The smallest absolute Gasteiger partial charge is 0.327 e. The first-order valence-electron chi connectivity index (χ1n) is 13.9. The van der Waals surface area contributed by atoms with Gasteiger partial charge in [-0.25, -0.2) is 28.3 Å². The van der Waals surface area contributed by atoms with Gasteiger partial charge in [0.15, 0.2) is 11.5 Å². The van der Waals surface area contributed by atoms with E-state index in [9.17, 15) is 23.2 Å². The number of hydrogen-bond acceptors (Lipinski definition) is 6. The molecule has 0 bridgehead atoms. The lowest BCUT2D eigenvalue weighted by Crippen LogP contribution is -2.53. The van der Waals surface area contributed by atoms with Gasteiger partial charge in [0, 0.05) is 49.4 Å². The summed E-state index contributed by atoms with van der Waals surface area (Å²) in [4.78, 5) is 54.2. The minimum absolute atomic E-state index is 0.0774. The van der Waals surface area contributed by atoms with Crippen LogP contribution in [-0.4, -0.2) is 66.9 Å². The fourth-order valence-electron chi connectivity index (χ4n) is 6.25. The first-order chi connectivity index (χ1) is 19.9. The van der Waals surface area contributed by atoms with Crippen LogP contribution in [-0.2, 0) is 11.3 Å². The van der Waals surface area contributed by atoms with Crippen LogP contribution >= 0.6 is 11.3 Å². The Kier molecular flexibility index (Phi) is 7.69. The number of carbonyl (C=O) groups excluding carboxylic acids is 2. The van der Waals surface area contributed by atoms with Crippen LogP contribution in [0.25, 0.3) is 11.2 Å². The summed E-state index contributed by atoms with van der Waals surface area (Å²) in [7, 11) is 0. The molecule has 3 amide bonds. The molecule has 41 heavy (non-hydrogen) atoms. The molecule has 1 aliphatic carbocycles. The Balaban J connectivity index is 1.13. The highest BCUT2D eigenvalue weighted by molar-refractivity contribution is 7.09. The molecule has 3 aliphatic rings. The summed E-state index contributed by atoms with van der Waals surface area (Å²) in [6.07, 6.45) is 8.39. The Hall–Kier alpha value is -3.87. The molecule has 0 radical (unpaired) electrons. The van der Waals surface area contributed by atoms with Crippen LogP contribution in [0.15, 0.2) is 58.5 Å². The SMILES string of the molecule is O=C(N[C@@H]1CC[C@@H](C2CC=CC(F)=C2F)CN(Cc2nccs2)C1=O)N1CCC(n2c(=O)[nH]c3ncccc32)CC1. The van der Waals surface area contributed by atoms with E-state index >= 15 is 0 Å². The molecule has 1 unspecified atom stereocenters. The lowest BCUT2D eigenvalue weighted by Gasteiger charge is -2.34. The van der Waals surface area contributed by atoms with Crippen LogP contribution < -0.4 is 11.0 Å². The van der Waals surface area contributed by atoms with Crippen molar-refractivity contribution < 1.29 is 18.4 Å². The van der Waals surface area contributed by atoms with Crippen molar-refractivity contribution in [2.45, 2.75) is 50.7 Å². The van der Waals surface area contributed by atoms with Gasteiger partial charge in [-0.3, -0.25) is 14.3 Å². The van der Waals surface area contributed by atoms with E-state index < -0.39 is 23.6 Å². The Morgan fingerprint density at radius 3 is 2.73 bits per heavy atom. The fraction of sp³-hybridized carbons (Fsp3) is 0.464. The Morgan fingerprint density at radius 2 is 1.95 bits per heavy atom. The molecule has 3 aromatic heterocycles. The third-order valence-electron chi connectivity index (χ3n) is 8.38. The van der Waals surface area contributed by atoms with Crippen LogP contribution in [0.4, 0.5) is 13.6 Å². The van der Waals surface area contributed by atoms with E-state index in [0.29, 0.717) is 50.8 Å². The van der Waals surface area contributed by atoms with E-state index in [2.05, 4.69) is 20.3 Å². The largest absolute Gasteiger partial charge is 0.334 e. The molecule has 0 aromatic carbocycles. The molecule has 3 atom stereocenters. The van der Waals surface area contributed by atoms with Crippen molar-refractivity contribution in [1.29, 1.82) is 0 Å². The van der Waals surface area contributed by atoms with Gasteiger partial charge in [-0.05, 0) is 56.2 Å². The molecule has 5 heterocycles. The van der Waals surface area contributed by atoms with E-state index in [0.717, 1.165) is 16.6 Å². The summed E-state index contributed by atoms with van der Waals surface area (Å²) in [5, 5.41) is 5.48. The third kappa shape index (κ3) is 5.54. The molecule has 2 N–H and O–H groups in total. The second-order valence-corrected chi connectivity index (χ2v) is 11.8. The summed E-state index contributed by atoms with van der Waals surface area (Å²) in [5.74, 6) is -2.82. The van der Waals surface area contributed by atoms with Crippen molar-refractivity contribution in [3.63, 3.8) is 0 Å². The monoisotopic (exact) mass is 583 g/mol. The second kappa shape index (κ2) is 11.6. The lowest BCUT2D eigenvalue weighted by atomic mass is 9.82. The normalized spacial score (nSPS) is 24.2. The van der Waals surface area contributed by atoms with Crippen molar-refractivity contribution in [2.24, 2.45) is 11.8 Å². The first-order valence-corrected chi connectivity index (χ1v) is 14.8. The van der Waals surface area contributed by atoms with Crippen molar-refractivity contribution in [3.05, 3.63) is 69.2 Å². The van der Waals surface area contributed by atoms with Gasteiger partial charge >= 0.3 is 11.7 Å². The number of piperidine rings is 1. The molecule has 3 aromatic rings. The van der Waals surface area contributed by atoms with Crippen molar-refractivity contribution in [3.8, 4) is 0 Å². The van der Waals surface area contributed by atoms with Crippen LogP contribution in [0, 0.1) is 11.8 Å². The third-order valence-corrected chi connectivity index (χ3v) is 9.15. The van der Waals surface area contributed by atoms with Gasteiger partial charge in [-0.1, -0.05) is 6.08 Å². The molecule has 2 saturated heterocycles. The van der Waals surface area contributed by atoms with Crippen LogP contribution in [0.2, 0.25) is 0 Å². The molecule has 0 spiro atoms. The highest BCUT2D eigenvalue weighted by Crippen LogP contribution is 2.37. The number of rotatable bonds is 5. The first kappa shape index (κ1) is 27.3. The topological polar surface area (TPSA) is 116 Å². The number of imidazole rings is 1. The Labute approximate surface area is 238 Å². The molecule has 0 saturated carbocycles. The zero-order chi connectivity index (χ0) is 28.5. The molecular formula is C28H31F2N7O3S. The number of amides is 3. The number of carbonyl (C=O) groups is 2. The van der Waals surface area contributed by atoms with E-state index in [1.165, 1.54) is 11.3 Å². The summed E-state index contributed by atoms with van der Waals surface area (Å²) in [6, 6.07) is 2.42. The second-order valence-electron chi connectivity index (χ2n) is 10.8. The van der Waals surface area contributed by atoms with Gasteiger partial charge in [-0.15, -0.1) is 11.3 Å². The molecule has 10 nitrogen and oxygen atoms in total. The Morgan fingerprint density at radius 1 is 1.12 bits per heavy atom. The molecule has 2 fully saturated rings.